The number of sulfonamides is 1. The van der Waals surface area contributed by atoms with Crippen LogP contribution in [0.25, 0.3) is 10.9 Å². The molecule has 1 atom stereocenters. The van der Waals surface area contributed by atoms with Crippen molar-refractivity contribution >= 4 is 38.2 Å². The Morgan fingerprint density at radius 3 is 2.77 bits per heavy atom. The van der Waals surface area contributed by atoms with Gasteiger partial charge in [0.05, 0.1) is 24.1 Å². The van der Waals surface area contributed by atoms with Gasteiger partial charge in [-0.25, -0.2) is 13.4 Å². The van der Waals surface area contributed by atoms with Crippen LogP contribution in [0.3, 0.4) is 0 Å². The Bertz CT molecular complexity index is 1120. The lowest BCUT2D eigenvalue weighted by atomic mass is 10.0. The smallest absolute Gasteiger partial charge is 0.247 e. The Morgan fingerprint density at radius 2 is 2.08 bits per heavy atom. The Balaban J connectivity index is 1.82. The molecule has 0 amide bonds. The first kappa shape index (κ1) is 17.1. The molecular weight excluding hydrogens is 374 g/mol. The lowest BCUT2D eigenvalue weighted by Crippen LogP contribution is -2.26. The monoisotopic (exact) mass is 389 g/mol. The molecule has 8 heteroatoms. The number of furan rings is 1. The van der Waals surface area contributed by atoms with Gasteiger partial charge in [0, 0.05) is 17.4 Å². The topological polar surface area (TPSA) is 75.8 Å². The fraction of sp³-hybridized carbons (Fsp3) is 0.222. The Kier molecular flexibility index (Phi) is 4.00. The zero-order chi connectivity index (χ0) is 18.5. The molecule has 0 spiro atoms. The van der Waals surface area contributed by atoms with E-state index in [9.17, 15) is 8.42 Å². The summed E-state index contributed by atoms with van der Waals surface area (Å²) in [4.78, 5) is 4.45. The number of hydrogen-bond acceptors (Lipinski definition) is 5. The van der Waals surface area contributed by atoms with E-state index in [1.165, 1.54) is 6.26 Å². The number of aromatic nitrogens is 1. The zero-order valence-corrected chi connectivity index (χ0v) is 15.8. The molecule has 0 bridgehead atoms. The van der Waals surface area contributed by atoms with Crippen LogP contribution < -0.4 is 0 Å². The first-order chi connectivity index (χ1) is 12.3. The SMILES string of the molecule is Cc1ccc2cc([C@H]3CC(c4ccco4)=NN3S(C)(=O)=O)c(Cl)nc2c1. The number of rotatable bonds is 3. The van der Waals surface area contributed by atoms with Crippen molar-refractivity contribution < 1.29 is 12.8 Å². The molecular formula is C18H16ClN3O3S. The van der Waals surface area contributed by atoms with Crippen molar-refractivity contribution in [3.8, 4) is 0 Å². The number of halogens is 1. The number of benzene rings is 1. The molecule has 0 aliphatic carbocycles. The zero-order valence-electron chi connectivity index (χ0n) is 14.2. The summed E-state index contributed by atoms with van der Waals surface area (Å²) in [5.41, 5.74) is 3.04. The Hall–Kier alpha value is -2.38. The molecule has 0 saturated heterocycles. The molecule has 4 rings (SSSR count). The molecule has 2 aromatic heterocycles. The highest BCUT2D eigenvalue weighted by Crippen LogP contribution is 2.38. The lowest BCUT2D eigenvalue weighted by Gasteiger charge is -2.22. The molecule has 0 saturated carbocycles. The van der Waals surface area contributed by atoms with Gasteiger partial charge in [-0.3, -0.25) is 0 Å². The molecule has 0 N–H and O–H groups in total. The minimum atomic E-state index is -3.58. The highest BCUT2D eigenvalue weighted by atomic mass is 35.5. The van der Waals surface area contributed by atoms with E-state index in [1.54, 1.807) is 12.1 Å². The maximum Gasteiger partial charge on any atom is 0.247 e. The van der Waals surface area contributed by atoms with E-state index in [4.69, 9.17) is 16.0 Å². The summed E-state index contributed by atoms with van der Waals surface area (Å²) < 4.78 is 31.0. The van der Waals surface area contributed by atoms with Crippen molar-refractivity contribution in [2.45, 2.75) is 19.4 Å². The summed E-state index contributed by atoms with van der Waals surface area (Å²) in [6.45, 7) is 1.98. The second-order valence-corrected chi connectivity index (χ2v) is 8.54. The minimum absolute atomic E-state index is 0.276. The maximum atomic E-state index is 12.3. The van der Waals surface area contributed by atoms with E-state index in [1.807, 2.05) is 31.2 Å². The van der Waals surface area contributed by atoms with Crippen LogP contribution in [0, 0.1) is 6.92 Å². The van der Waals surface area contributed by atoms with Crippen LogP contribution >= 0.6 is 11.6 Å². The Morgan fingerprint density at radius 1 is 1.27 bits per heavy atom. The van der Waals surface area contributed by atoms with Crippen LogP contribution in [0.2, 0.25) is 5.15 Å². The summed E-state index contributed by atoms with van der Waals surface area (Å²) in [6.07, 6.45) is 3.02. The predicted molar refractivity (Wildman–Crippen MR) is 101 cm³/mol. The largest absolute Gasteiger partial charge is 0.463 e. The van der Waals surface area contributed by atoms with Crippen molar-refractivity contribution in [2.24, 2.45) is 5.10 Å². The van der Waals surface area contributed by atoms with Crippen LogP contribution in [0.4, 0.5) is 0 Å². The average Bonchev–Trinajstić information content (AvgIpc) is 3.23. The second-order valence-electron chi connectivity index (χ2n) is 6.34. The van der Waals surface area contributed by atoms with Crippen molar-refractivity contribution in [1.29, 1.82) is 0 Å². The molecule has 3 aromatic rings. The quantitative estimate of drug-likeness (QED) is 0.636. The fourth-order valence-corrected chi connectivity index (χ4v) is 4.29. The van der Waals surface area contributed by atoms with E-state index >= 15 is 0 Å². The van der Waals surface area contributed by atoms with E-state index in [2.05, 4.69) is 10.1 Å². The van der Waals surface area contributed by atoms with Gasteiger partial charge in [0.2, 0.25) is 10.0 Å². The third-order valence-corrected chi connectivity index (χ3v) is 5.65. The van der Waals surface area contributed by atoms with E-state index in [0.29, 0.717) is 23.5 Å². The summed E-state index contributed by atoms with van der Waals surface area (Å²) in [7, 11) is -3.58. The van der Waals surface area contributed by atoms with Crippen molar-refractivity contribution in [3.63, 3.8) is 0 Å². The third-order valence-electron chi connectivity index (χ3n) is 4.33. The van der Waals surface area contributed by atoms with Gasteiger partial charge in [0.15, 0.2) is 0 Å². The molecule has 0 unspecified atom stereocenters. The van der Waals surface area contributed by atoms with Gasteiger partial charge in [-0.2, -0.15) is 9.52 Å². The maximum absolute atomic E-state index is 12.3. The fourth-order valence-electron chi connectivity index (χ4n) is 3.12. The van der Waals surface area contributed by atoms with Gasteiger partial charge in [-0.15, -0.1) is 0 Å². The molecule has 0 fully saturated rings. The standard InChI is InChI=1S/C18H16ClN3O3S/c1-11-5-6-12-9-13(18(19)20-14(12)8-11)16-10-15(17-4-3-7-25-17)21-22(16)26(2,23)24/h3-9,16H,10H2,1-2H3/t16-/m1/s1. The molecule has 26 heavy (non-hydrogen) atoms. The summed E-state index contributed by atoms with van der Waals surface area (Å²) in [5.74, 6) is 0.543. The summed E-state index contributed by atoms with van der Waals surface area (Å²) >= 11 is 6.42. The van der Waals surface area contributed by atoms with Crippen molar-refractivity contribution in [1.82, 2.24) is 9.40 Å². The highest BCUT2D eigenvalue weighted by molar-refractivity contribution is 7.88. The van der Waals surface area contributed by atoms with Crippen LogP contribution in [0.5, 0.6) is 0 Å². The Labute approximate surface area is 156 Å². The van der Waals surface area contributed by atoms with Gasteiger partial charge in [0.1, 0.15) is 16.6 Å². The number of fused-ring (bicyclic) bond motifs is 1. The van der Waals surface area contributed by atoms with Gasteiger partial charge < -0.3 is 4.42 Å². The van der Waals surface area contributed by atoms with Gasteiger partial charge >= 0.3 is 0 Å². The van der Waals surface area contributed by atoms with Crippen LogP contribution in [-0.4, -0.2) is 29.8 Å². The molecule has 134 valence electrons. The van der Waals surface area contributed by atoms with Gasteiger partial charge in [-0.05, 0) is 36.8 Å². The molecule has 1 aromatic carbocycles. The van der Waals surface area contributed by atoms with E-state index in [-0.39, 0.29) is 5.15 Å². The third kappa shape index (κ3) is 2.97. The molecule has 1 aliphatic heterocycles. The van der Waals surface area contributed by atoms with E-state index in [0.717, 1.165) is 27.1 Å². The first-order valence-electron chi connectivity index (χ1n) is 8.00. The predicted octanol–water partition coefficient (Wildman–Crippen LogP) is 3.90. The molecule has 6 nitrogen and oxygen atoms in total. The minimum Gasteiger partial charge on any atom is -0.463 e. The molecule has 0 radical (unpaired) electrons. The van der Waals surface area contributed by atoms with Gasteiger partial charge in [0.25, 0.3) is 0 Å². The lowest BCUT2D eigenvalue weighted by molar-refractivity contribution is 0.374. The van der Waals surface area contributed by atoms with E-state index < -0.39 is 16.1 Å². The van der Waals surface area contributed by atoms with Crippen LogP contribution in [-0.2, 0) is 10.0 Å². The number of aryl methyl sites for hydroxylation is 1. The average molecular weight is 390 g/mol. The van der Waals surface area contributed by atoms with Crippen molar-refractivity contribution in [3.05, 3.63) is 64.7 Å². The molecule has 3 heterocycles. The summed E-state index contributed by atoms with van der Waals surface area (Å²) in [5, 5.41) is 5.45. The van der Waals surface area contributed by atoms with Crippen LogP contribution in [0.15, 0.2) is 52.2 Å². The number of nitrogens with zero attached hydrogens (tertiary/aromatic N) is 3. The second kappa shape index (κ2) is 6.10. The number of pyridine rings is 1. The van der Waals surface area contributed by atoms with Crippen molar-refractivity contribution in [2.75, 3.05) is 6.26 Å². The summed E-state index contributed by atoms with van der Waals surface area (Å²) in [6, 6.07) is 10.7. The normalized spacial score (nSPS) is 17.7. The van der Waals surface area contributed by atoms with Crippen LogP contribution in [0.1, 0.15) is 29.3 Å². The molecule has 1 aliphatic rings. The first-order valence-corrected chi connectivity index (χ1v) is 10.2. The highest BCUT2D eigenvalue weighted by Gasteiger charge is 2.37. The van der Waals surface area contributed by atoms with Gasteiger partial charge in [-0.1, -0.05) is 23.7 Å². The number of hydrogen-bond donors (Lipinski definition) is 0. The number of hydrazone groups is 1.